The van der Waals surface area contributed by atoms with Gasteiger partial charge in [-0.05, 0) is 39.3 Å². The van der Waals surface area contributed by atoms with Crippen LogP contribution in [0.1, 0.15) is 39.9 Å². The predicted molar refractivity (Wildman–Crippen MR) is 91.1 cm³/mol. The topological polar surface area (TPSA) is 43.8 Å². The van der Waals surface area contributed by atoms with Gasteiger partial charge >= 0.3 is 0 Å². The van der Waals surface area contributed by atoms with Crippen LogP contribution in [0.3, 0.4) is 0 Å². The van der Waals surface area contributed by atoms with Gasteiger partial charge in [-0.2, -0.15) is 0 Å². The van der Waals surface area contributed by atoms with E-state index in [-0.39, 0.29) is 5.54 Å². The lowest BCUT2D eigenvalue weighted by atomic mass is 10.1. The third kappa shape index (κ3) is 3.19. The van der Waals surface area contributed by atoms with Gasteiger partial charge in [0.2, 0.25) is 0 Å². The second-order valence-corrected chi connectivity index (χ2v) is 6.96. The van der Waals surface area contributed by atoms with Crippen LogP contribution >= 0.6 is 23.2 Å². The Balaban J connectivity index is 2.62. The van der Waals surface area contributed by atoms with Crippen molar-refractivity contribution in [2.24, 2.45) is 0 Å². The van der Waals surface area contributed by atoms with Crippen LogP contribution in [0.15, 0.2) is 18.2 Å². The first-order valence-corrected chi connectivity index (χ1v) is 7.84. The molecule has 0 fully saturated rings. The minimum atomic E-state index is -0.115. The van der Waals surface area contributed by atoms with Crippen molar-refractivity contribution in [1.82, 2.24) is 9.55 Å². The van der Waals surface area contributed by atoms with Crippen molar-refractivity contribution in [3.63, 3.8) is 0 Å². The summed E-state index contributed by atoms with van der Waals surface area (Å²) in [6.45, 7) is 8.52. The van der Waals surface area contributed by atoms with Gasteiger partial charge in [0, 0.05) is 17.5 Å². The molecule has 1 aromatic carbocycles. The predicted octanol–water partition coefficient (Wildman–Crippen LogP) is 5.15. The number of aryl methyl sites for hydroxylation is 1. The number of imidazole rings is 1. The minimum absolute atomic E-state index is 0.115. The van der Waals surface area contributed by atoms with Crippen molar-refractivity contribution >= 4 is 29.0 Å². The molecular formula is C16H21Cl2N3. The fourth-order valence-corrected chi connectivity index (χ4v) is 2.78. The second-order valence-electron chi connectivity index (χ2n) is 6.15. The molecule has 2 rings (SSSR count). The SMILES string of the molecule is CCCc1nc(-c2ccc(Cl)c(Cl)c2)c(N)n1C(C)(C)C. The average molecular weight is 326 g/mol. The van der Waals surface area contributed by atoms with Gasteiger partial charge < -0.3 is 10.3 Å². The number of hydrogen-bond donors (Lipinski definition) is 1. The first-order chi connectivity index (χ1) is 9.75. The molecule has 21 heavy (non-hydrogen) atoms. The molecule has 1 aromatic heterocycles. The standard InChI is InChI=1S/C16H21Cl2N3/c1-5-6-13-20-14(15(19)21(13)16(2,3)4)10-7-8-11(17)12(18)9-10/h7-9H,5-6,19H2,1-4H3. The first kappa shape index (κ1) is 16.2. The highest BCUT2D eigenvalue weighted by atomic mass is 35.5. The Morgan fingerprint density at radius 1 is 1.19 bits per heavy atom. The summed E-state index contributed by atoms with van der Waals surface area (Å²) in [7, 11) is 0. The molecule has 5 heteroatoms. The third-order valence-corrected chi connectivity index (χ3v) is 4.06. The average Bonchev–Trinajstić information content (AvgIpc) is 2.70. The van der Waals surface area contributed by atoms with Gasteiger partial charge in [-0.25, -0.2) is 4.98 Å². The highest BCUT2D eigenvalue weighted by molar-refractivity contribution is 6.42. The van der Waals surface area contributed by atoms with Crippen LogP contribution in [-0.2, 0) is 12.0 Å². The normalized spacial score (nSPS) is 11.9. The van der Waals surface area contributed by atoms with Crippen LogP contribution in [0.4, 0.5) is 5.82 Å². The molecule has 0 unspecified atom stereocenters. The van der Waals surface area contributed by atoms with E-state index in [2.05, 4.69) is 32.3 Å². The number of hydrogen-bond acceptors (Lipinski definition) is 2. The zero-order valence-corrected chi connectivity index (χ0v) is 14.4. The zero-order valence-electron chi connectivity index (χ0n) is 12.9. The van der Waals surface area contributed by atoms with E-state index in [1.807, 2.05) is 12.1 Å². The number of aromatic nitrogens is 2. The minimum Gasteiger partial charge on any atom is -0.383 e. The van der Waals surface area contributed by atoms with Crippen molar-refractivity contribution in [3.8, 4) is 11.3 Å². The molecule has 2 aromatic rings. The largest absolute Gasteiger partial charge is 0.383 e. The molecule has 0 spiro atoms. The maximum Gasteiger partial charge on any atom is 0.132 e. The van der Waals surface area contributed by atoms with Gasteiger partial charge in [0.1, 0.15) is 17.3 Å². The fraction of sp³-hybridized carbons (Fsp3) is 0.438. The Morgan fingerprint density at radius 2 is 1.86 bits per heavy atom. The van der Waals surface area contributed by atoms with Gasteiger partial charge in [0.15, 0.2) is 0 Å². The molecule has 0 radical (unpaired) electrons. The Kier molecular flexibility index (Phi) is 4.54. The quantitative estimate of drug-likeness (QED) is 0.848. The van der Waals surface area contributed by atoms with Gasteiger partial charge in [0.05, 0.1) is 10.0 Å². The summed E-state index contributed by atoms with van der Waals surface area (Å²) < 4.78 is 2.11. The number of halogens is 2. The van der Waals surface area contributed by atoms with E-state index < -0.39 is 0 Å². The van der Waals surface area contributed by atoms with Crippen LogP contribution in [-0.4, -0.2) is 9.55 Å². The van der Waals surface area contributed by atoms with Crippen molar-refractivity contribution in [2.45, 2.75) is 46.1 Å². The van der Waals surface area contributed by atoms with Crippen LogP contribution in [0.5, 0.6) is 0 Å². The van der Waals surface area contributed by atoms with Gasteiger partial charge in [0.25, 0.3) is 0 Å². The Labute approximate surface area is 136 Å². The van der Waals surface area contributed by atoms with Crippen molar-refractivity contribution in [1.29, 1.82) is 0 Å². The van der Waals surface area contributed by atoms with Crippen LogP contribution < -0.4 is 5.73 Å². The van der Waals surface area contributed by atoms with E-state index >= 15 is 0 Å². The molecule has 114 valence electrons. The Bertz CT molecular complexity index is 654. The van der Waals surface area contributed by atoms with Crippen molar-refractivity contribution in [2.75, 3.05) is 5.73 Å². The molecular weight excluding hydrogens is 305 g/mol. The van der Waals surface area contributed by atoms with Crippen LogP contribution in [0.2, 0.25) is 10.0 Å². The summed E-state index contributed by atoms with van der Waals surface area (Å²) in [4.78, 5) is 4.74. The van der Waals surface area contributed by atoms with Crippen LogP contribution in [0, 0.1) is 0 Å². The summed E-state index contributed by atoms with van der Waals surface area (Å²) in [5, 5.41) is 1.04. The lowest BCUT2D eigenvalue weighted by Gasteiger charge is -2.25. The monoisotopic (exact) mass is 325 g/mol. The smallest absolute Gasteiger partial charge is 0.132 e. The van der Waals surface area contributed by atoms with Gasteiger partial charge in [-0.15, -0.1) is 0 Å². The van der Waals surface area contributed by atoms with E-state index in [0.29, 0.717) is 15.9 Å². The summed E-state index contributed by atoms with van der Waals surface area (Å²) in [6, 6.07) is 5.48. The zero-order chi connectivity index (χ0) is 15.8. The molecule has 0 aliphatic heterocycles. The fourth-order valence-electron chi connectivity index (χ4n) is 2.48. The molecule has 0 amide bonds. The second kappa shape index (κ2) is 5.90. The van der Waals surface area contributed by atoms with E-state index in [0.717, 1.165) is 29.9 Å². The summed E-state index contributed by atoms with van der Waals surface area (Å²) in [5.74, 6) is 1.67. The van der Waals surface area contributed by atoms with Gasteiger partial charge in [-0.1, -0.05) is 36.2 Å². The van der Waals surface area contributed by atoms with Crippen LogP contribution in [0.25, 0.3) is 11.3 Å². The number of nitrogens with zero attached hydrogens (tertiary/aromatic N) is 2. The van der Waals surface area contributed by atoms with E-state index in [4.69, 9.17) is 33.9 Å². The molecule has 0 aliphatic carbocycles. The highest BCUT2D eigenvalue weighted by Crippen LogP contribution is 2.34. The molecule has 1 heterocycles. The summed E-state index contributed by atoms with van der Waals surface area (Å²) in [5.41, 5.74) is 7.91. The Morgan fingerprint density at radius 3 is 2.38 bits per heavy atom. The lowest BCUT2D eigenvalue weighted by Crippen LogP contribution is -2.25. The number of nitrogens with two attached hydrogens (primary N) is 1. The van der Waals surface area contributed by atoms with E-state index in [9.17, 15) is 0 Å². The number of anilines is 1. The van der Waals surface area contributed by atoms with Crippen molar-refractivity contribution in [3.05, 3.63) is 34.1 Å². The van der Waals surface area contributed by atoms with E-state index in [1.165, 1.54) is 0 Å². The molecule has 0 bridgehead atoms. The Hall–Kier alpha value is -1.19. The molecule has 2 N–H and O–H groups in total. The molecule has 0 saturated heterocycles. The number of nitrogen functional groups attached to an aromatic ring is 1. The first-order valence-electron chi connectivity index (χ1n) is 7.08. The van der Waals surface area contributed by atoms with Crippen molar-refractivity contribution < 1.29 is 0 Å². The lowest BCUT2D eigenvalue weighted by molar-refractivity contribution is 0.387. The number of rotatable bonds is 3. The molecule has 3 nitrogen and oxygen atoms in total. The number of benzene rings is 1. The van der Waals surface area contributed by atoms with E-state index in [1.54, 1.807) is 6.07 Å². The molecule has 0 atom stereocenters. The highest BCUT2D eigenvalue weighted by Gasteiger charge is 2.24. The molecule has 0 saturated carbocycles. The summed E-state index contributed by atoms with van der Waals surface area (Å²) >= 11 is 12.1. The maximum atomic E-state index is 6.37. The molecule has 0 aliphatic rings. The third-order valence-electron chi connectivity index (χ3n) is 3.32. The maximum absolute atomic E-state index is 6.37. The summed E-state index contributed by atoms with van der Waals surface area (Å²) in [6.07, 6.45) is 1.91. The van der Waals surface area contributed by atoms with Gasteiger partial charge in [-0.3, -0.25) is 0 Å².